The first kappa shape index (κ1) is 6.28. The van der Waals surface area contributed by atoms with Crippen molar-refractivity contribution < 1.29 is 10.2 Å². The molecule has 2 rings (SSSR count). The number of aliphatic hydroxyl groups excluding tert-OH is 1. The van der Waals surface area contributed by atoms with Gasteiger partial charge in [-0.3, -0.25) is 0 Å². The molecule has 1 aliphatic carbocycles. The van der Waals surface area contributed by atoms with Crippen LogP contribution in [0.5, 0.6) is 5.75 Å². The Labute approximate surface area is 64.4 Å². The zero-order valence-electron chi connectivity index (χ0n) is 5.91. The summed E-state index contributed by atoms with van der Waals surface area (Å²) in [7, 11) is 0. The van der Waals surface area contributed by atoms with E-state index in [-0.39, 0.29) is 11.5 Å². The third kappa shape index (κ3) is 0.792. The van der Waals surface area contributed by atoms with Gasteiger partial charge in [-0.25, -0.2) is 0 Å². The minimum absolute atomic E-state index is 0.266. The summed E-state index contributed by atoms with van der Waals surface area (Å²) in [5, 5.41) is 18.6. The van der Waals surface area contributed by atoms with Crippen LogP contribution in [0.4, 0.5) is 0 Å². The Morgan fingerprint density at radius 1 is 1.18 bits per heavy atom. The summed E-state index contributed by atoms with van der Waals surface area (Å²) in [4.78, 5) is 0. The Morgan fingerprint density at radius 2 is 2.00 bits per heavy atom. The third-order valence-electron chi connectivity index (χ3n) is 1.93. The molecule has 2 N–H and O–H groups in total. The predicted octanol–water partition coefficient (Wildman–Crippen LogP) is 1.85. The fourth-order valence-corrected chi connectivity index (χ4v) is 1.34. The van der Waals surface area contributed by atoms with Crippen molar-refractivity contribution in [3.63, 3.8) is 0 Å². The summed E-state index contributed by atoms with van der Waals surface area (Å²) < 4.78 is 0. The van der Waals surface area contributed by atoms with E-state index in [1.54, 1.807) is 24.3 Å². The number of benzene rings is 1. The molecule has 0 amide bonds. The molecule has 0 radical (unpaired) electrons. The van der Waals surface area contributed by atoms with E-state index in [0.717, 1.165) is 11.1 Å². The number of aromatic hydroxyl groups is 1. The topological polar surface area (TPSA) is 40.5 Å². The van der Waals surface area contributed by atoms with Crippen LogP contribution in [0.3, 0.4) is 0 Å². The minimum atomic E-state index is 0.266. The SMILES string of the molecule is OC1=CCc2c(O)cccc21. The maximum atomic E-state index is 9.30. The Bertz CT molecular complexity index is 326. The fourth-order valence-electron chi connectivity index (χ4n) is 1.34. The fraction of sp³-hybridized carbons (Fsp3) is 0.111. The Balaban J connectivity index is 2.64. The van der Waals surface area contributed by atoms with Crippen LogP contribution in [-0.2, 0) is 6.42 Å². The molecule has 0 saturated heterocycles. The lowest BCUT2D eigenvalue weighted by atomic mass is 10.1. The number of fused-ring (bicyclic) bond motifs is 1. The van der Waals surface area contributed by atoms with E-state index in [1.807, 2.05) is 0 Å². The molecule has 0 spiro atoms. The molecule has 0 saturated carbocycles. The zero-order valence-corrected chi connectivity index (χ0v) is 5.91. The summed E-state index contributed by atoms with van der Waals surface area (Å²) >= 11 is 0. The summed E-state index contributed by atoms with van der Waals surface area (Å²) in [6, 6.07) is 5.16. The lowest BCUT2D eigenvalue weighted by Crippen LogP contribution is -1.83. The Hall–Kier alpha value is -1.44. The number of phenols is 1. The molecule has 2 heteroatoms. The van der Waals surface area contributed by atoms with Crippen LogP contribution >= 0.6 is 0 Å². The van der Waals surface area contributed by atoms with Crippen molar-refractivity contribution in [2.75, 3.05) is 0 Å². The summed E-state index contributed by atoms with van der Waals surface area (Å²) in [6.45, 7) is 0. The number of rotatable bonds is 0. The summed E-state index contributed by atoms with van der Waals surface area (Å²) in [6.07, 6.45) is 2.33. The molecule has 0 unspecified atom stereocenters. The number of aliphatic hydroxyl groups is 1. The van der Waals surface area contributed by atoms with Gasteiger partial charge in [0, 0.05) is 11.1 Å². The Kier molecular flexibility index (Phi) is 1.15. The smallest absolute Gasteiger partial charge is 0.119 e. The zero-order chi connectivity index (χ0) is 7.84. The van der Waals surface area contributed by atoms with Crippen molar-refractivity contribution in [2.24, 2.45) is 0 Å². The van der Waals surface area contributed by atoms with Crippen molar-refractivity contribution in [3.05, 3.63) is 35.4 Å². The summed E-state index contributed by atoms with van der Waals surface area (Å²) in [5.41, 5.74) is 1.58. The second-order valence-electron chi connectivity index (χ2n) is 2.60. The molecule has 1 aromatic rings. The highest BCUT2D eigenvalue weighted by atomic mass is 16.3. The van der Waals surface area contributed by atoms with E-state index in [2.05, 4.69) is 0 Å². The highest BCUT2D eigenvalue weighted by Crippen LogP contribution is 2.31. The molecule has 0 fully saturated rings. The van der Waals surface area contributed by atoms with Crippen LogP contribution in [0.1, 0.15) is 11.1 Å². The molecule has 56 valence electrons. The quantitative estimate of drug-likeness (QED) is 0.589. The molecular formula is C9H8O2. The van der Waals surface area contributed by atoms with Gasteiger partial charge in [-0.1, -0.05) is 12.1 Å². The van der Waals surface area contributed by atoms with Gasteiger partial charge in [0.25, 0.3) is 0 Å². The third-order valence-corrected chi connectivity index (χ3v) is 1.93. The average molecular weight is 148 g/mol. The van der Waals surface area contributed by atoms with Crippen LogP contribution in [0.15, 0.2) is 24.3 Å². The van der Waals surface area contributed by atoms with E-state index >= 15 is 0 Å². The van der Waals surface area contributed by atoms with Crippen molar-refractivity contribution in [1.29, 1.82) is 0 Å². The van der Waals surface area contributed by atoms with Gasteiger partial charge in [0.15, 0.2) is 0 Å². The van der Waals surface area contributed by atoms with Gasteiger partial charge in [0.1, 0.15) is 11.5 Å². The largest absolute Gasteiger partial charge is 0.508 e. The van der Waals surface area contributed by atoms with Gasteiger partial charge < -0.3 is 10.2 Å². The molecule has 2 nitrogen and oxygen atoms in total. The van der Waals surface area contributed by atoms with Crippen LogP contribution < -0.4 is 0 Å². The second kappa shape index (κ2) is 2.02. The van der Waals surface area contributed by atoms with Gasteiger partial charge in [-0.05, 0) is 18.6 Å². The molecule has 1 aromatic carbocycles. The predicted molar refractivity (Wildman–Crippen MR) is 42.4 cm³/mol. The van der Waals surface area contributed by atoms with Crippen molar-refractivity contribution in [2.45, 2.75) is 6.42 Å². The molecule has 0 atom stereocenters. The molecule has 0 heterocycles. The molecule has 1 aliphatic rings. The van der Waals surface area contributed by atoms with E-state index in [1.165, 1.54) is 0 Å². The average Bonchev–Trinajstić information content (AvgIpc) is 2.35. The standard InChI is InChI=1S/C9H8O2/c10-8-3-1-2-6-7(8)4-5-9(6)11/h1-3,5,10-11H,4H2. The first-order valence-corrected chi connectivity index (χ1v) is 3.49. The lowest BCUT2D eigenvalue weighted by Gasteiger charge is -2.01. The van der Waals surface area contributed by atoms with Crippen molar-refractivity contribution in [1.82, 2.24) is 0 Å². The minimum Gasteiger partial charge on any atom is -0.508 e. The number of hydrogen-bond donors (Lipinski definition) is 2. The van der Waals surface area contributed by atoms with E-state index in [9.17, 15) is 10.2 Å². The van der Waals surface area contributed by atoms with E-state index in [4.69, 9.17) is 0 Å². The van der Waals surface area contributed by atoms with Crippen molar-refractivity contribution >= 4 is 5.76 Å². The second-order valence-corrected chi connectivity index (χ2v) is 2.60. The molecule has 0 bridgehead atoms. The van der Waals surface area contributed by atoms with Gasteiger partial charge in [-0.15, -0.1) is 0 Å². The normalized spacial score (nSPS) is 14.4. The maximum absolute atomic E-state index is 9.30. The maximum Gasteiger partial charge on any atom is 0.119 e. The highest BCUT2D eigenvalue weighted by Gasteiger charge is 2.15. The van der Waals surface area contributed by atoms with Crippen LogP contribution in [0.25, 0.3) is 5.76 Å². The van der Waals surface area contributed by atoms with Crippen LogP contribution in [-0.4, -0.2) is 10.2 Å². The van der Waals surface area contributed by atoms with Gasteiger partial charge in [0.05, 0.1) is 0 Å². The van der Waals surface area contributed by atoms with Gasteiger partial charge >= 0.3 is 0 Å². The van der Waals surface area contributed by atoms with Crippen molar-refractivity contribution in [3.8, 4) is 5.75 Å². The van der Waals surface area contributed by atoms with Gasteiger partial charge in [-0.2, -0.15) is 0 Å². The lowest BCUT2D eigenvalue weighted by molar-refractivity contribution is 0.469. The highest BCUT2D eigenvalue weighted by molar-refractivity contribution is 5.69. The number of phenolic OH excluding ortho intramolecular Hbond substituents is 1. The first-order chi connectivity index (χ1) is 5.29. The molecule has 0 aromatic heterocycles. The molecule has 11 heavy (non-hydrogen) atoms. The molecular weight excluding hydrogens is 140 g/mol. The Morgan fingerprint density at radius 3 is 2.73 bits per heavy atom. The first-order valence-electron chi connectivity index (χ1n) is 3.49. The van der Waals surface area contributed by atoms with Crippen LogP contribution in [0.2, 0.25) is 0 Å². The van der Waals surface area contributed by atoms with E-state index < -0.39 is 0 Å². The monoisotopic (exact) mass is 148 g/mol. The van der Waals surface area contributed by atoms with Gasteiger partial charge in [0.2, 0.25) is 0 Å². The molecule has 0 aliphatic heterocycles. The number of allylic oxidation sites excluding steroid dienone is 1. The van der Waals surface area contributed by atoms with E-state index in [0.29, 0.717) is 6.42 Å². The van der Waals surface area contributed by atoms with Crippen LogP contribution in [0, 0.1) is 0 Å². The summed E-state index contributed by atoms with van der Waals surface area (Å²) in [5.74, 6) is 0.540. The number of hydrogen-bond acceptors (Lipinski definition) is 2.